The van der Waals surface area contributed by atoms with Gasteiger partial charge < -0.3 is 0 Å². The smallest absolute Gasteiger partial charge is 0.207 e. The number of halogens is 1. The summed E-state index contributed by atoms with van der Waals surface area (Å²) >= 11 is 3.47. The molecule has 3 rings (SSSR count). The maximum Gasteiger partial charge on any atom is 0.242 e. The molecule has 1 saturated carbocycles. The molecular formula is C15H18BrNO2S. The largest absolute Gasteiger partial charge is 0.242 e. The fraction of sp³-hybridized carbons (Fsp3) is 0.467. The second kappa shape index (κ2) is 4.97. The summed E-state index contributed by atoms with van der Waals surface area (Å²) in [6.07, 6.45) is 5.19. The molecule has 1 fully saturated rings. The predicted molar refractivity (Wildman–Crippen MR) is 84.6 cm³/mol. The number of hydrogen-bond donors (Lipinski definition) is 1. The van der Waals surface area contributed by atoms with Gasteiger partial charge in [-0.1, -0.05) is 53.4 Å². The Morgan fingerprint density at radius 3 is 2.45 bits per heavy atom. The van der Waals surface area contributed by atoms with Gasteiger partial charge in [0.25, 0.3) is 0 Å². The average molecular weight is 356 g/mol. The van der Waals surface area contributed by atoms with Crippen LogP contribution in [0, 0.1) is 0 Å². The summed E-state index contributed by atoms with van der Waals surface area (Å²) in [5.74, 6) is 0. The molecule has 0 aromatic heterocycles. The van der Waals surface area contributed by atoms with Crippen LogP contribution in [0.25, 0.3) is 4.91 Å². The molecule has 3 nitrogen and oxygen atoms in total. The number of sulfonamides is 1. The summed E-state index contributed by atoms with van der Waals surface area (Å²) < 4.78 is 29.0. The van der Waals surface area contributed by atoms with Crippen LogP contribution < -0.4 is 4.72 Å². The van der Waals surface area contributed by atoms with E-state index in [1.165, 1.54) is 6.42 Å². The molecule has 0 amide bonds. The third-order valence-corrected chi connectivity index (χ3v) is 6.90. The van der Waals surface area contributed by atoms with Crippen molar-refractivity contribution in [1.29, 1.82) is 0 Å². The van der Waals surface area contributed by atoms with Crippen molar-refractivity contribution >= 4 is 30.9 Å². The highest BCUT2D eigenvalue weighted by molar-refractivity contribution is 9.10. The summed E-state index contributed by atoms with van der Waals surface area (Å²) in [4.78, 5) is 0.465. The molecule has 1 aliphatic heterocycles. The summed E-state index contributed by atoms with van der Waals surface area (Å²) in [5.41, 5.74) is 1.39. The predicted octanol–water partition coefficient (Wildman–Crippen LogP) is 3.82. The van der Waals surface area contributed by atoms with E-state index >= 15 is 0 Å². The number of rotatable bonds is 1. The molecule has 0 unspecified atom stereocenters. The maximum atomic E-state index is 12.6. The normalized spacial score (nSPS) is 24.3. The first kappa shape index (κ1) is 14.3. The maximum absolute atomic E-state index is 12.6. The van der Waals surface area contributed by atoms with E-state index in [2.05, 4.69) is 20.7 Å². The van der Waals surface area contributed by atoms with E-state index in [1.54, 1.807) is 0 Å². The van der Waals surface area contributed by atoms with Gasteiger partial charge in [-0.25, -0.2) is 13.1 Å². The fourth-order valence-corrected chi connectivity index (χ4v) is 6.08. The van der Waals surface area contributed by atoms with E-state index < -0.39 is 10.0 Å². The SMILES string of the molecule is CC1=C(c2ccccc2Br)S(=O)(=O)NC12CCCCC2. The second-order valence-corrected chi connectivity index (χ2v) is 8.16. The molecule has 0 saturated heterocycles. The van der Waals surface area contributed by atoms with Crippen LogP contribution in [0.15, 0.2) is 34.3 Å². The van der Waals surface area contributed by atoms with Crippen molar-refractivity contribution in [2.75, 3.05) is 0 Å². The molecule has 1 N–H and O–H groups in total. The Kier molecular flexibility index (Phi) is 3.55. The number of nitrogens with one attached hydrogen (secondary N) is 1. The van der Waals surface area contributed by atoms with Crippen LogP contribution in [0.3, 0.4) is 0 Å². The van der Waals surface area contributed by atoms with E-state index in [-0.39, 0.29) is 5.54 Å². The van der Waals surface area contributed by atoms with Gasteiger partial charge in [-0.05, 0) is 31.4 Å². The molecule has 20 heavy (non-hydrogen) atoms. The first-order valence-electron chi connectivity index (χ1n) is 6.97. The lowest BCUT2D eigenvalue weighted by molar-refractivity contribution is 0.321. The molecule has 108 valence electrons. The molecule has 1 heterocycles. The quantitative estimate of drug-likeness (QED) is 0.832. The van der Waals surface area contributed by atoms with E-state index in [1.807, 2.05) is 31.2 Å². The minimum absolute atomic E-state index is 0.346. The Balaban J connectivity index is 2.19. The minimum atomic E-state index is -3.42. The zero-order chi connectivity index (χ0) is 14.4. The molecule has 2 aliphatic rings. The van der Waals surface area contributed by atoms with Crippen LogP contribution in [0.4, 0.5) is 0 Å². The second-order valence-electron chi connectivity index (χ2n) is 5.68. The third kappa shape index (κ3) is 2.16. The van der Waals surface area contributed by atoms with Crippen molar-refractivity contribution in [3.63, 3.8) is 0 Å². The summed E-state index contributed by atoms with van der Waals surface area (Å²) in [7, 11) is -3.42. The first-order valence-corrected chi connectivity index (χ1v) is 9.24. The Morgan fingerprint density at radius 2 is 1.80 bits per heavy atom. The summed E-state index contributed by atoms with van der Waals surface area (Å²) in [5, 5.41) is 0. The standard InChI is InChI=1S/C15H18BrNO2S/c1-11-14(12-7-3-4-8-13(12)16)20(18,19)17-15(11)9-5-2-6-10-15/h3-4,7-8,17H,2,5-6,9-10H2,1H3. The van der Waals surface area contributed by atoms with Gasteiger partial charge in [0.2, 0.25) is 10.0 Å². The molecule has 1 spiro atoms. The van der Waals surface area contributed by atoms with Crippen LogP contribution >= 0.6 is 15.9 Å². The fourth-order valence-electron chi connectivity index (χ4n) is 3.43. The van der Waals surface area contributed by atoms with E-state index in [4.69, 9.17) is 0 Å². The molecule has 0 atom stereocenters. The highest BCUT2D eigenvalue weighted by Crippen LogP contribution is 2.46. The zero-order valence-corrected chi connectivity index (χ0v) is 13.9. The average Bonchev–Trinajstić information content (AvgIpc) is 2.59. The zero-order valence-electron chi connectivity index (χ0n) is 11.4. The molecule has 0 radical (unpaired) electrons. The van der Waals surface area contributed by atoms with Gasteiger partial charge in [0.05, 0.1) is 10.4 Å². The van der Waals surface area contributed by atoms with E-state index in [0.29, 0.717) is 4.91 Å². The lowest BCUT2D eigenvalue weighted by Gasteiger charge is -2.34. The lowest BCUT2D eigenvalue weighted by atomic mass is 9.77. The van der Waals surface area contributed by atoms with Crippen molar-refractivity contribution in [3.8, 4) is 0 Å². The Morgan fingerprint density at radius 1 is 1.15 bits per heavy atom. The van der Waals surface area contributed by atoms with Gasteiger partial charge in [0, 0.05) is 10.0 Å². The molecular weight excluding hydrogens is 338 g/mol. The van der Waals surface area contributed by atoms with Crippen molar-refractivity contribution < 1.29 is 8.42 Å². The molecule has 1 aliphatic carbocycles. The van der Waals surface area contributed by atoms with E-state index in [0.717, 1.165) is 41.3 Å². The highest BCUT2D eigenvalue weighted by Gasteiger charge is 2.47. The Hall–Kier alpha value is -0.650. The van der Waals surface area contributed by atoms with Crippen LogP contribution in [-0.4, -0.2) is 14.0 Å². The van der Waals surface area contributed by atoms with Crippen LogP contribution in [0.1, 0.15) is 44.6 Å². The van der Waals surface area contributed by atoms with Crippen LogP contribution in [-0.2, 0) is 10.0 Å². The molecule has 5 heteroatoms. The third-order valence-electron chi connectivity index (χ3n) is 4.48. The summed E-state index contributed by atoms with van der Waals surface area (Å²) in [6.45, 7) is 1.97. The van der Waals surface area contributed by atoms with Crippen molar-refractivity contribution in [2.45, 2.75) is 44.6 Å². The van der Waals surface area contributed by atoms with Crippen LogP contribution in [0.5, 0.6) is 0 Å². The monoisotopic (exact) mass is 355 g/mol. The minimum Gasteiger partial charge on any atom is -0.207 e. The molecule has 0 bridgehead atoms. The summed E-state index contributed by atoms with van der Waals surface area (Å²) in [6, 6.07) is 7.53. The van der Waals surface area contributed by atoms with Crippen molar-refractivity contribution in [3.05, 3.63) is 39.9 Å². The molecule has 1 aromatic rings. The van der Waals surface area contributed by atoms with Crippen molar-refractivity contribution in [1.82, 2.24) is 4.72 Å². The number of hydrogen-bond acceptors (Lipinski definition) is 2. The van der Waals surface area contributed by atoms with Gasteiger partial charge in [0.15, 0.2) is 0 Å². The Bertz CT molecular complexity index is 673. The Labute approximate surface area is 128 Å². The number of benzene rings is 1. The topological polar surface area (TPSA) is 46.2 Å². The highest BCUT2D eigenvalue weighted by atomic mass is 79.9. The van der Waals surface area contributed by atoms with Gasteiger partial charge in [0.1, 0.15) is 0 Å². The van der Waals surface area contributed by atoms with Gasteiger partial charge in [-0.3, -0.25) is 0 Å². The van der Waals surface area contributed by atoms with Gasteiger partial charge >= 0.3 is 0 Å². The van der Waals surface area contributed by atoms with Crippen LogP contribution in [0.2, 0.25) is 0 Å². The van der Waals surface area contributed by atoms with Crippen molar-refractivity contribution in [2.24, 2.45) is 0 Å². The lowest BCUT2D eigenvalue weighted by Crippen LogP contribution is -2.45. The first-order chi connectivity index (χ1) is 9.46. The molecule has 1 aromatic carbocycles. The van der Waals surface area contributed by atoms with Gasteiger partial charge in [-0.2, -0.15) is 0 Å². The van der Waals surface area contributed by atoms with E-state index in [9.17, 15) is 8.42 Å². The van der Waals surface area contributed by atoms with Gasteiger partial charge in [-0.15, -0.1) is 0 Å².